The van der Waals surface area contributed by atoms with E-state index in [1.54, 1.807) is 0 Å². The van der Waals surface area contributed by atoms with Gasteiger partial charge in [-0.15, -0.1) is 0 Å². The van der Waals surface area contributed by atoms with Crippen LogP contribution in [0.2, 0.25) is 0 Å². The summed E-state index contributed by atoms with van der Waals surface area (Å²) >= 11 is 0. The molecule has 3 rings (SSSR count). The fourth-order valence-electron chi connectivity index (χ4n) is 3.45. The summed E-state index contributed by atoms with van der Waals surface area (Å²) in [5.41, 5.74) is 1.42. The lowest BCUT2D eigenvalue weighted by Gasteiger charge is -2.32. The first kappa shape index (κ1) is 16.5. The van der Waals surface area contributed by atoms with E-state index in [1.165, 1.54) is 5.56 Å². The van der Waals surface area contributed by atoms with E-state index in [2.05, 4.69) is 16.7 Å². The van der Waals surface area contributed by atoms with E-state index in [9.17, 15) is 14.4 Å². The van der Waals surface area contributed by atoms with E-state index in [1.807, 2.05) is 25.1 Å². The highest BCUT2D eigenvalue weighted by atomic mass is 16.2. The molecule has 1 aromatic carbocycles. The molecule has 0 bridgehead atoms. The Morgan fingerprint density at radius 3 is 2.79 bits per heavy atom. The van der Waals surface area contributed by atoms with Crippen molar-refractivity contribution in [1.29, 1.82) is 0 Å². The molecule has 2 N–H and O–H groups in total. The maximum Gasteiger partial charge on any atom is 0.325 e. The second-order valence-electron chi connectivity index (χ2n) is 6.55. The van der Waals surface area contributed by atoms with E-state index in [4.69, 9.17) is 0 Å². The SMILES string of the molecule is CCCCNC(=O)CN1C(=O)NC2(CCc3ccccc3C2)C1=O. The highest BCUT2D eigenvalue weighted by Gasteiger charge is 2.52. The van der Waals surface area contributed by atoms with Gasteiger partial charge in [0.2, 0.25) is 5.91 Å². The highest BCUT2D eigenvalue weighted by molar-refractivity contribution is 6.09. The molecular formula is C18H23N3O3. The minimum Gasteiger partial charge on any atom is -0.355 e. The van der Waals surface area contributed by atoms with Gasteiger partial charge in [-0.05, 0) is 30.4 Å². The molecule has 1 spiro atoms. The van der Waals surface area contributed by atoms with Crippen molar-refractivity contribution in [2.45, 2.75) is 44.6 Å². The standard InChI is InChI=1S/C18H23N3O3/c1-2-3-10-19-15(22)12-21-16(23)18(20-17(21)24)9-8-13-6-4-5-7-14(13)11-18/h4-7H,2-3,8-12H2,1H3,(H,19,22)(H,20,24). The van der Waals surface area contributed by atoms with Gasteiger partial charge < -0.3 is 10.6 Å². The molecule has 4 amide bonds. The molecule has 6 nitrogen and oxygen atoms in total. The van der Waals surface area contributed by atoms with E-state index >= 15 is 0 Å². The van der Waals surface area contributed by atoms with Crippen LogP contribution in [0, 0.1) is 0 Å². The maximum atomic E-state index is 12.8. The quantitative estimate of drug-likeness (QED) is 0.633. The van der Waals surface area contributed by atoms with Crippen LogP contribution in [0.25, 0.3) is 0 Å². The molecule has 24 heavy (non-hydrogen) atoms. The molecule has 0 radical (unpaired) electrons. The number of amides is 4. The number of hydrogen-bond donors (Lipinski definition) is 2. The third kappa shape index (κ3) is 3.00. The molecule has 1 aliphatic carbocycles. The number of urea groups is 1. The number of aryl methyl sites for hydroxylation is 1. The Balaban J connectivity index is 1.69. The van der Waals surface area contributed by atoms with Crippen molar-refractivity contribution >= 4 is 17.8 Å². The molecule has 2 aliphatic rings. The van der Waals surface area contributed by atoms with Crippen LogP contribution in [0.5, 0.6) is 0 Å². The average molecular weight is 329 g/mol. The predicted octanol–water partition coefficient (Wildman–Crippen LogP) is 1.38. The van der Waals surface area contributed by atoms with Gasteiger partial charge in [0.15, 0.2) is 0 Å². The minimum absolute atomic E-state index is 0.211. The zero-order chi connectivity index (χ0) is 17.2. The van der Waals surface area contributed by atoms with Crippen LogP contribution < -0.4 is 10.6 Å². The average Bonchev–Trinajstić information content (AvgIpc) is 2.79. The first-order valence-electron chi connectivity index (χ1n) is 8.53. The number of benzene rings is 1. The Morgan fingerprint density at radius 2 is 2.04 bits per heavy atom. The molecule has 1 saturated heterocycles. The van der Waals surface area contributed by atoms with Gasteiger partial charge in [-0.25, -0.2) is 4.79 Å². The summed E-state index contributed by atoms with van der Waals surface area (Å²) in [5.74, 6) is -0.576. The second-order valence-corrected chi connectivity index (χ2v) is 6.55. The number of carbonyl (C=O) groups is 3. The van der Waals surface area contributed by atoms with Gasteiger partial charge in [0, 0.05) is 13.0 Å². The normalized spacial score (nSPS) is 22.5. The van der Waals surface area contributed by atoms with Crippen LogP contribution >= 0.6 is 0 Å². The maximum absolute atomic E-state index is 12.8. The Bertz CT molecular complexity index is 673. The largest absolute Gasteiger partial charge is 0.355 e. The molecule has 0 aromatic heterocycles. The van der Waals surface area contributed by atoms with E-state index in [-0.39, 0.29) is 18.4 Å². The molecule has 128 valence electrons. The van der Waals surface area contributed by atoms with Crippen LogP contribution in [0.15, 0.2) is 24.3 Å². The van der Waals surface area contributed by atoms with Crippen LogP contribution in [0.4, 0.5) is 4.79 Å². The Hall–Kier alpha value is -2.37. The van der Waals surface area contributed by atoms with Crippen LogP contribution in [-0.2, 0) is 22.4 Å². The van der Waals surface area contributed by atoms with Gasteiger partial charge in [0.25, 0.3) is 5.91 Å². The second kappa shape index (κ2) is 6.63. The first-order valence-corrected chi connectivity index (χ1v) is 8.53. The Morgan fingerprint density at radius 1 is 1.29 bits per heavy atom. The van der Waals surface area contributed by atoms with Crippen molar-refractivity contribution in [3.63, 3.8) is 0 Å². The molecule has 6 heteroatoms. The third-order valence-electron chi connectivity index (χ3n) is 4.83. The van der Waals surface area contributed by atoms with E-state index in [0.717, 1.165) is 29.7 Å². The third-order valence-corrected chi connectivity index (χ3v) is 4.83. The zero-order valence-corrected chi connectivity index (χ0v) is 13.9. The van der Waals surface area contributed by atoms with Crippen molar-refractivity contribution in [3.8, 4) is 0 Å². The monoisotopic (exact) mass is 329 g/mol. The van der Waals surface area contributed by atoms with Gasteiger partial charge >= 0.3 is 6.03 Å². The van der Waals surface area contributed by atoms with Crippen molar-refractivity contribution < 1.29 is 14.4 Å². The molecule has 1 heterocycles. The highest BCUT2D eigenvalue weighted by Crippen LogP contribution is 2.33. The summed E-state index contributed by atoms with van der Waals surface area (Å²) in [6, 6.07) is 7.51. The van der Waals surface area contributed by atoms with Gasteiger partial charge in [-0.1, -0.05) is 37.6 Å². The smallest absolute Gasteiger partial charge is 0.325 e. The molecule has 1 aromatic rings. The number of nitrogens with one attached hydrogen (secondary N) is 2. The van der Waals surface area contributed by atoms with Crippen molar-refractivity contribution in [2.75, 3.05) is 13.1 Å². The number of carbonyl (C=O) groups excluding carboxylic acids is 3. The van der Waals surface area contributed by atoms with Crippen molar-refractivity contribution in [1.82, 2.24) is 15.5 Å². The summed E-state index contributed by atoms with van der Waals surface area (Å²) in [4.78, 5) is 38.1. The number of unbranched alkanes of at least 4 members (excludes halogenated alkanes) is 1. The molecule has 1 fully saturated rings. The Labute approximate surface area is 141 Å². The molecule has 0 saturated carbocycles. The molecule has 1 unspecified atom stereocenters. The number of hydrogen-bond acceptors (Lipinski definition) is 3. The number of fused-ring (bicyclic) bond motifs is 1. The lowest BCUT2D eigenvalue weighted by atomic mass is 9.78. The topological polar surface area (TPSA) is 78.5 Å². The summed E-state index contributed by atoms with van der Waals surface area (Å²) < 4.78 is 0. The fourth-order valence-corrected chi connectivity index (χ4v) is 3.45. The van der Waals surface area contributed by atoms with E-state index < -0.39 is 11.6 Å². The van der Waals surface area contributed by atoms with Crippen LogP contribution in [0.3, 0.4) is 0 Å². The first-order chi connectivity index (χ1) is 11.6. The van der Waals surface area contributed by atoms with Gasteiger partial charge in [-0.2, -0.15) is 0 Å². The summed E-state index contributed by atoms with van der Waals surface area (Å²) in [6.45, 7) is 2.39. The van der Waals surface area contributed by atoms with Crippen LogP contribution in [0.1, 0.15) is 37.3 Å². The van der Waals surface area contributed by atoms with Gasteiger partial charge in [0.1, 0.15) is 12.1 Å². The Kier molecular flexibility index (Phi) is 4.55. The summed E-state index contributed by atoms with van der Waals surface area (Å²) in [6.07, 6.45) is 3.67. The van der Waals surface area contributed by atoms with Crippen molar-refractivity contribution in [2.24, 2.45) is 0 Å². The lowest BCUT2D eigenvalue weighted by molar-refractivity contribution is -0.135. The number of imide groups is 1. The molecule has 1 aliphatic heterocycles. The van der Waals surface area contributed by atoms with Gasteiger partial charge in [0.05, 0.1) is 0 Å². The summed E-state index contributed by atoms with van der Waals surface area (Å²) in [7, 11) is 0. The minimum atomic E-state index is -0.894. The van der Waals surface area contributed by atoms with E-state index in [0.29, 0.717) is 19.4 Å². The van der Waals surface area contributed by atoms with Crippen molar-refractivity contribution in [3.05, 3.63) is 35.4 Å². The summed E-state index contributed by atoms with van der Waals surface area (Å²) in [5, 5.41) is 5.59. The fraction of sp³-hybridized carbons (Fsp3) is 0.500. The lowest BCUT2D eigenvalue weighted by Crippen LogP contribution is -2.51. The molecule has 1 atom stereocenters. The number of nitrogens with zero attached hydrogens (tertiary/aromatic N) is 1. The molecular weight excluding hydrogens is 306 g/mol. The number of rotatable bonds is 5. The predicted molar refractivity (Wildman–Crippen MR) is 89.4 cm³/mol. The van der Waals surface area contributed by atoms with Gasteiger partial charge in [-0.3, -0.25) is 14.5 Å². The van der Waals surface area contributed by atoms with Crippen LogP contribution in [-0.4, -0.2) is 41.4 Å². The zero-order valence-electron chi connectivity index (χ0n) is 13.9.